The number of hydrogen-bond donors (Lipinski definition) is 0. The average molecular weight is 338 g/mol. The number of hydrogen-bond acceptors (Lipinski definition) is 6. The molecule has 0 radical (unpaired) electrons. The van der Waals surface area contributed by atoms with Crippen molar-refractivity contribution in [3.63, 3.8) is 0 Å². The van der Waals surface area contributed by atoms with Crippen LogP contribution in [0.5, 0.6) is 0 Å². The quantitative estimate of drug-likeness (QED) is 0.857. The summed E-state index contributed by atoms with van der Waals surface area (Å²) < 4.78 is 0. The molecule has 132 valence electrons. The van der Waals surface area contributed by atoms with Crippen LogP contribution in [0.25, 0.3) is 0 Å². The first kappa shape index (κ1) is 16.1. The number of nitrogens with zero attached hydrogens (tertiary/aromatic N) is 6. The SMILES string of the molecule is Cc1cccc(N2CCN(c3cnnc(N4CCCCC4)n3)CC2)c1. The van der Waals surface area contributed by atoms with Crippen LogP contribution in [0.3, 0.4) is 0 Å². The molecule has 2 aliphatic rings. The van der Waals surface area contributed by atoms with Gasteiger partial charge in [0.25, 0.3) is 0 Å². The second kappa shape index (κ2) is 7.25. The molecular weight excluding hydrogens is 312 g/mol. The van der Waals surface area contributed by atoms with Gasteiger partial charge in [-0.25, -0.2) is 0 Å². The van der Waals surface area contributed by atoms with Gasteiger partial charge in [-0.3, -0.25) is 0 Å². The smallest absolute Gasteiger partial charge is 0.247 e. The molecule has 2 aromatic rings. The number of aromatic nitrogens is 3. The Labute approximate surface area is 149 Å². The minimum absolute atomic E-state index is 0.790. The van der Waals surface area contributed by atoms with E-state index in [1.54, 1.807) is 6.20 Å². The van der Waals surface area contributed by atoms with Crippen molar-refractivity contribution in [2.75, 3.05) is 54.0 Å². The van der Waals surface area contributed by atoms with Crippen molar-refractivity contribution >= 4 is 17.5 Å². The predicted octanol–water partition coefficient (Wildman–Crippen LogP) is 2.50. The largest absolute Gasteiger partial charge is 0.368 e. The van der Waals surface area contributed by atoms with Gasteiger partial charge in [0, 0.05) is 45.0 Å². The fourth-order valence-corrected chi connectivity index (χ4v) is 3.68. The monoisotopic (exact) mass is 338 g/mol. The minimum atomic E-state index is 0.790. The molecule has 0 N–H and O–H groups in total. The van der Waals surface area contributed by atoms with E-state index in [-0.39, 0.29) is 0 Å². The molecule has 6 nitrogen and oxygen atoms in total. The van der Waals surface area contributed by atoms with Gasteiger partial charge in [-0.05, 0) is 43.9 Å². The van der Waals surface area contributed by atoms with E-state index in [2.05, 4.69) is 56.1 Å². The van der Waals surface area contributed by atoms with Crippen molar-refractivity contribution in [2.45, 2.75) is 26.2 Å². The third-order valence-corrected chi connectivity index (χ3v) is 5.14. The lowest BCUT2D eigenvalue weighted by molar-refractivity contribution is 0.563. The van der Waals surface area contributed by atoms with Crippen LogP contribution in [-0.2, 0) is 0 Å². The summed E-state index contributed by atoms with van der Waals surface area (Å²) in [6.07, 6.45) is 5.56. The number of aryl methyl sites for hydroxylation is 1. The van der Waals surface area contributed by atoms with Gasteiger partial charge < -0.3 is 14.7 Å². The molecule has 1 aromatic heterocycles. The van der Waals surface area contributed by atoms with Crippen LogP contribution in [0.15, 0.2) is 30.5 Å². The van der Waals surface area contributed by atoms with Gasteiger partial charge in [0.15, 0.2) is 5.82 Å². The van der Waals surface area contributed by atoms with E-state index in [0.717, 1.165) is 51.0 Å². The zero-order valence-corrected chi connectivity index (χ0v) is 14.9. The van der Waals surface area contributed by atoms with E-state index in [1.165, 1.54) is 30.5 Å². The first-order valence-electron chi connectivity index (χ1n) is 9.31. The highest BCUT2D eigenvalue weighted by molar-refractivity contribution is 5.51. The summed E-state index contributed by atoms with van der Waals surface area (Å²) in [7, 11) is 0. The van der Waals surface area contributed by atoms with E-state index in [4.69, 9.17) is 4.98 Å². The Morgan fingerprint density at radius 2 is 1.60 bits per heavy atom. The lowest BCUT2D eigenvalue weighted by Gasteiger charge is -2.37. The van der Waals surface area contributed by atoms with Crippen LogP contribution in [0, 0.1) is 6.92 Å². The maximum Gasteiger partial charge on any atom is 0.247 e. The molecular formula is C19H26N6. The van der Waals surface area contributed by atoms with E-state index >= 15 is 0 Å². The third-order valence-electron chi connectivity index (χ3n) is 5.14. The summed E-state index contributed by atoms with van der Waals surface area (Å²) in [6, 6.07) is 8.74. The van der Waals surface area contributed by atoms with Crippen LogP contribution < -0.4 is 14.7 Å². The molecule has 25 heavy (non-hydrogen) atoms. The normalized spacial score (nSPS) is 18.5. The van der Waals surface area contributed by atoms with Gasteiger partial charge in [-0.15, -0.1) is 5.10 Å². The van der Waals surface area contributed by atoms with E-state index in [1.807, 2.05) is 0 Å². The molecule has 2 fully saturated rings. The van der Waals surface area contributed by atoms with Crippen LogP contribution in [0.2, 0.25) is 0 Å². The maximum atomic E-state index is 4.79. The Balaban J connectivity index is 1.42. The van der Waals surface area contributed by atoms with Crippen molar-refractivity contribution in [1.82, 2.24) is 15.2 Å². The summed E-state index contributed by atoms with van der Waals surface area (Å²) in [6.45, 7) is 8.18. The van der Waals surface area contributed by atoms with E-state index in [0.29, 0.717) is 0 Å². The highest BCUT2D eigenvalue weighted by Crippen LogP contribution is 2.21. The van der Waals surface area contributed by atoms with Crippen molar-refractivity contribution < 1.29 is 0 Å². The van der Waals surface area contributed by atoms with Gasteiger partial charge in [-0.2, -0.15) is 10.1 Å². The van der Waals surface area contributed by atoms with Gasteiger partial charge in [0.05, 0.1) is 6.20 Å². The second-order valence-electron chi connectivity index (χ2n) is 6.98. The molecule has 0 unspecified atom stereocenters. The van der Waals surface area contributed by atoms with Gasteiger partial charge >= 0.3 is 0 Å². The summed E-state index contributed by atoms with van der Waals surface area (Å²) in [5.74, 6) is 1.75. The molecule has 0 atom stereocenters. The van der Waals surface area contributed by atoms with Crippen LogP contribution in [0.1, 0.15) is 24.8 Å². The number of anilines is 3. The number of piperidine rings is 1. The van der Waals surface area contributed by atoms with E-state index < -0.39 is 0 Å². The fourth-order valence-electron chi connectivity index (χ4n) is 3.68. The van der Waals surface area contributed by atoms with Crippen LogP contribution >= 0.6 is 0 Å². The summed E-state index contributed by atoms with van der Waals surface area (Å²) in [4.78, 5) is 11.8. The molecule has 0 aliphatic carbocycles. The number of piperazine rings is 1. The van der Waals surface area contributed by atoms with Crippen molar-refractivity contribution in [1.29, 1.82) is 0 Å². The molecule has 4 rings (SSSR count). The minimum Gasteiger partial charge on any atom is -0.368 e. The average Bonchev–Trinajstić information content (AvgIpc) is 2.69. The molecule has 2 saturated heterocycles. The zero-order chi connectivity index (χ0) is 17.1. The molecule has 0 amide bonds. The Kier molecular flexibility index (Phi) is 4.68. The highest BCUT2D eigenvalue weighted by Gasteiger charge is 2.21. The fraction of sp³-hybridized carbons (Fsp3) is 0.526. The zero-order valence-electron chi connectivity index (χ0n) is 14.9. The number of rotatable bonds is 3. The van der Waals surface area contributed by atoms with Crippen molar-refractivity contribution in [3.05, 3.63) is 36.0 Å². The standard InChI is InChI=1S/C19H26N6/c1-16-6-5-7-17(14-16)23-10-12-24(13-11-23)18-15-20-22-19(21-18)25-8-3-2-4-9-25/h5-7,14-15H,2-4,8-13H2,1H3. The molecule has 3 heterocycles. The van der Waals surface area contributed by atoms with Crippen LogP contribution in [0.4, 0.5) is 17.5 Å². The molecule has 1 aromatic carbocycles. The Morgan fingerprint density at radius 1 is 0.840 bits per heavy atom. The molecule has 0 bridgehead atoms. The summed E-state index contributed by atoms with van der Waals surface area (Å²) >= 11 is 0. The van der Waals surface area contributed by atoms with Crippen molar-refractivity contribution in [3.8, 4) is 0 Å². The van der Waals surface area contributed by atoms with Gasteiger partial charge in [-0.1, -0.05) is 12.1 Å². The third kappa shape index (κ3) is 3.67. The highest BCUT2D eigenvalue weighted by atomic mass is 15.4. The Bertz CT molecular complexity index is 705. The lowest BCUT2D eigenvalue weighted by atomic mass is 10.1. The van der Waals surface area contributed by atoms with Gasteiger partial charge in [0.1, 0.15) is 0 Å². The van der Waals surface area contributed by atoms with Crippen LogP contribution in [-0.4, -0.2) is 54.4 Å². The molecule has 6 heteroatoms. The molecule has 0 saturated carbocycles. The van der Waals surface area contributed by atoms with E-state index in [9.17, 15) is 0 Å². The second-order valence-corrected chi connectivity index (χ2v) is 6.98. The molecule has 2 aliphatic heterocycles. The lowest BCUT2D eigenvalue weighted by Crippen LogP contribution is -2.47. The molecule has 0 spiro atoms. The first-order chi connectivity index (χ1) is 12.3. The topological polar surface area (TPSA) is 48.4 Å². The number of benzene rings is 1. The van der Waals surface area contributed by atoms with Crippen molar-refractivity contribution in [2.24, 2.45) is 0 Å². The Morgan fingerprint density at radius 3 is 2.36 bits per heavy atom. The summed E-state index contributed by atoms with van der Waals surface area (Å²) in [5.41, 5.74) is 2.63. The maximum absolute atomic E-state index is 4.79. The predicted molar refractivity (Wildman–Crippen MR) is 101 cm³/mol. The Hall–Kier alpha value is -2.37. The first-order valence-corrected chi connectivity index (χ1v) is 9.31. The summed E-state index contributed by atoms with van der Waals surface area (Å²) in [5, 5.41) is 8.47. The van der Waals surface area contributed by atoms with Gasteiger partial charge in [0.2, 0.25) is 5.95 Å².